The predicted octanol–water partition coefficient (Wildman–Crippen LogP) is 4.73. The number of fused-ring (bicyclic) bond motifs is 1. The van der Waals surface area contributed by atoms with E-state index in [1.165, 1.54) is 30.5 Å². The number of aryl methyl sites for hydroxylation is 2. The molecule has 1 aliphatic heterocycles. The molecule has 4 rings (SSSR count). The van der Waals surface area contributed by atoms with Crippen molar-refractivity contribution >= 4 is 11.0 Å². The maximum absolute atomic E-state index is 5.64. The van der Waals surface area contributed by atoms with Crippen molar-refractivity contribution in [2.75, 3.05) is 27.2 Å². The Bertz CT molecular complexity index is 983. The van der Waals surface area contributed by atoms with Gasteiger partial charge in [0.15, 0.2) is 5.65 Å². The Kier molecular flexibility index (Phi) is 4.83. The van der Waals surface area contributed by atoms with Crippen LogP contribution in [0.2, 0.25) is 0 Å². The van der Waals surface area contributed by atoms with Crippen molar-refractivity contribution in [2.24, 2.45) is 0 Å². The van der Waals surface area contributed by atoms with Crippen molar-refractivity contribution in [2.45, 2.75) is 32.6 Å². The number of nitrogens with zero attached hydrogens (tertiary/aromatic N) is 3. The Morgan fingerprint density at radius 2 is 1.89 bits per heavy atom. The standard InChI is InChI=1S/C23H27N3O/c1-15-12-16(2)22(21(13-15)27-4)20-10-8-17-7-9-19(24-23(17)25-20)18-6-5-11-26(3)14-18/h7-10,12-13,18H,5-6,11,14H2,1-4H3. The molecule has 1 saturated heterocycles. The number of likely N-dealkylation sites (tertiary alicyclic amines) is 1. The Balaban J connectivity index is 1.78. The van der Waals surface area contributed by atoms with Crippen LogP contribution in [0.15, 0.2) is 36.4 Å². The van der Waals surface area contributed by atoms with E-state index in [2.05, 4.69) is 62.2 Å². The summed E-state index contributed by atoms with van der Waals surface area (Å²) in [7, 11) is 3.91. The molecule has 2 aromatic heterocycles. The lowest BCUT2D eigenvalue weighted by molar-refractivity contribution is 0.248. The highest BCUT2D eigenvalue weighted by Crippen LogP contribution is 2.34. The molecule has 4 nitrogen and oxygen atoms in total. The van der Waals surface area contributed by atoms with Gasteiger partial charge < -0.3 is 9.64 Å². The van der Waals surface area contributed by atoms with Gasteiger partial charge in [-0.05, 0) is 81.7 Å². The average Bonchev–Trinajstić information content (AvgIpc) is 2.66. The van der Waals surface area contributed by atoms with E-state index in [-0.39, 0.29) is 0 Å². The number of pyridine rings is 2. The van der Waals surface area contributed by atoms with Crippen LogP contribution in [0.3, 0.4) is 0 Å². The molecule has 0 amide bonds. The quantitative estimate of drug-likeness (QED) is 0.676. The molecule has 0 aliphatic carbocycles. The van der Waals surface area contributed by atoms with Gasteiger partial charge in [-0.2, -0.15) is 0 Å². The van der Waals surface area contributed by atoms with Gasteiger partial charge in [0, 0.05) is 29.1 Å². The highest BCUT2D eigenvalue weighted by Gasteiger charge is 2.20. The van der Waals surface area contributed by atoms with Crippen molar-refractivity contribution in [3.8, 4) is 17.0 Å². The Hall–Kier alpha value is -2.46. The van der Waals surface area contributed by atoms with Crippen LogP contribution < -0.4 is 4.74 Å². The average molecular weight is 361 g/mol. The van der Waals surface area contributed by atoms with Crippen molar-refractivity contribution in [1.29, 1.82) is 0 Å². The normalized spacial score (nSPS) is 18.0. The minimum Gasteiger partial charge on any atom is -0.496 e. The van der Waals surface area contributed by atoms with Crippen LogP contribution in [0.5, 0.6) is 5.75 Å². The highest BCUT2D eigenvalue weighted by atomic mass is 16.5. The first-order valence-corrected chi connectivity index (χ1v) is 9.67. The van der Waals surface area contributed by atoms with Gasteiger partial charge in [-0.15, -0.1) is 0 Å². The van der Waals surface area contributed by atoms with Crippen LogP contribution in [-0.2, 0) is 0 Å². The second-order valence-corrected chi connectivity index (χ2v) is 7.74. The van der Waals surface area contributed by atoms with E-state index < -0.39 is 0 Å². The summed E-state index contributed by atoms with van der Waals surface area (Å²) in [4.78, 5) is 12.3. The van der Waals surface area contributed by atoms with Crippen LogP contribution >= 0.6 is 0 Å². The van der Waals surface area contributed by atoms with Gasteiger partial charge in [-0.1, -0.05) is 6.07 Å². The Morgan fingerprint density at radius 1 is 1.07 bits per heavy atom. The molecule has 27 heavy (non-hydrogen) atoms. The zero-order valence-electron chi connectivity index (χ0n) is 16.6. The second-order valence-electron chi connectivity index (χ2n) is 7.74. The predicted molar refractivity (Wildman–Crippen MR) is 110 cm³/mol. The summed E-state index contributed by atoms with van der Waals surface area (Å²) in [5, 5.41) is 1.08. The molecular weight excluding hydrogens is 334 g/mol. The first-order chi connectivity index (χ1) is 13.0. The number of rotatable bonds is 3. The molecule has 0 radical (unpaired) electrons. The van der Waals surface area contributed by atoms with Crippen molar-refractivity contribution in [3.63, 3.8) is 0 Å². The van der Waals surface area contributed by atoms with Gasteiger partial charge in [0.05, 0.1) is 12.8 Å². The number of aromatic nitrogens is 2. The molecule has 1 aliphatic rings. The van der Waals surface area contributed by atoms with E-state index in [1.807, 2.05) is 0 Å². The second kappa shape index (κ2) is 7.28. The molecule has 1 aromatic carbocycles. The Labute approximate surface area is 161 Å². The minimum atomic E-state index is 0.495. The monoisotopic (exact) mass is 361 g/mol. The third-order valence-corrected chi connectivity index (χ3v) is 5.54. The number of likely N-dealkylation sites (N-methyl/N-ethyl adjacent to an activating group) is 1. The third-order valence-electron chi connectivity index (χ3n) is 5.54. The number of hydrogen-bond donors (Lipinski definition) is 0. The SMILES string of the molecule is COc1cc(C)cc(C)c1-c1ccc2ccc(C3CCCN(C)C3)nc2n1. The molecule has 1 atom stereocenters. The van der Waals surface area contributed by atoms with E-state index in [4.69, 9.17) is 14.7 Å². The summed E-state index contributed by atoms with van der Waals surface area (Å²) in [6, 6.07) is 12.7. The first kappa shape index (κ1) is 17.9. The van der Waals surface area contributed by atoms with E-state index in [1.54, 1.807) is 7.11 Å². The summed E-state index contributed by atoms with van der Waals surface area (Å²) >= 11 is 0. The maximum atomic E-state index is 5.64. The molecule has 3 aromatic rings. The molecule has 1 unspecified atom stereocenters. The largest absolute Gasteiger partial charge is 0.496 e. The van der Waals surface area contributed by atoms with E-state index in [9.17, 15) is 0 Å². The fourth-order valence-corrected chi connectivity index (χ4v) is 4.21. The molecule has 0 spiro atoms. The first-order valence-electron chi connectivity index (χ1n) is 9.67. The summed E-state index contributed by atoms with van der Waals surface area (Å²) in [5.74, 6) is 1.36. The lowest BCUT2D eigenvalue weighted by atomic mass is 9.94. The Morgan fingerprint density at radius 3 is 2.67 bits per heavy atom. The van der Waals surface area contributed by atoms with Crippen molar-refractivity contribution in [1.82, 2.24) is 14.9 Å². The topological polar surface area (TPSA) is 38.2 Å². The van der Waals surface area contributed by atoms with Gasteiger partial charge in [-0.3, -0.25) is 0 Å². The van der Waals surface area contributed by atoms with E-state index in [0.717, 1.165) is 40.3 Å². The van der Waals surface area contributed by atoms with E-state index in [0.29, 0.717) is 5.92 Å². The molecule has 0 N–H and O–H groups in total. The fourth-order valence-electron chi connectivity index (χ4n) is 4.21. The number of ether oxygens (including phenoxy) is 1. The van der Waals surface area contributed by atoms with Crippen LogP contribution in [0.4, 0.5) is 0 Å². The summed E-state index contributed by atoms with van der Waals surface area (Å²) in [6.07, 6.45) is 2.43. The number of piperidine rings is 1. The number of benzene rings is 1. The van der Waals surface area contributed by atoms with Gasteiger partial charge in [0.1, 0.15) is 5.75 Å². The number of hydrogen-bond acceptors (Lipinski definition) is 4. The van der Waals surface area contributed by atoms with Gasteiger partial charge in [0.25, 0.3) is 0 Å². The minimum absolute atomic E-state index is 0.495. The highest BCUT2D eigenvalue weighted by molar-refractivity contribution is 5.81. The smallest absolute Gasteiger partial charge is 0.160 e. The van der Waals surface area contributed by atoms with Crippen molar-refractivity contribution in [3.05, 3.63) is 53.2 Å². The van der Waals surface area contributed by atoms with Crippen LogP contribution in [-0.4, -0.2) is 42.1 Å². The van der Waals surface area contributed by atoms with Crippen LogP contribution in [0.25, 0.3) is 22.3 Å². The molecule has 4 heteroatoms. The lowest BCUT2D eigenvalue weighted by Gasteiger charge is -2.29. The zero-order chi connectivity index (χ0) is 19.0. The third kappa shape index (κ3) is 3.54. The molecule has 3 heterocycles. The van der Waals surface area contributed by atoms with Crippen molar-refractivity contribution < 1.29 is 4.74 Å². The lowest BCUT2D eigenvalue weighted by Crippen LogP contribution is -2.31. The maximum Gasteiger partial charge on any atom is 0.160 e. The van der Waals surface area contributed by atoms with Crippen LogP contribution in [0, 0.1) is 13.8 Å². The molecule has 1 fully saturated rings. The summed E-state index contributed by atoms with van der Waals surface area (Å²) in [6.45, 7) is 6.45. The van der Waals surface area contributed by atoms with Gasteiger partial charge in [0.2, 0.25) is 0 Å². The molecular formula is C23H27N3O. The summed E-state index contributed by atoms with van der Waals surface area (Å²) in [5.41, 5.74) is 6.31. The van der Waals surface area contributed by atoms with Gasteiger partial charge >= 0.3 is 0 Å². The summed E-state index contributed by atoms with van der Waals surface area (Å²) < 4.78 is 5.64. The molecule has 0 bridgehead atoms. The molecule has 0 saturated carbocycles. The molecule has 140 valence electrons. The zero-order valence-corrected chi connectivity index (χ0v) is 16.6. The van der Waals surface area contributed by atoms with Crippen LogP contribution in [0.1, 0.15) is 35.6 Å². The van der Waals surface area contributed by atoms with E-state index >= 15 is 0 Å². The van der Waals surface area contributed by atoms with Gasteiger partial charge in [-0.25, -0.2) is 9.97 Å². The number of methoxy groups -OCH3 is 1. The fraction of sp³-hybridized carbons (Fsp3) is 0.391.